The first kappa shape index (κ1) is 23.9. The van der Waals surface area contributed by atoms with Gasteiger partial charge in [-0.15, -0.1) is 11.8 Å². The number of thioether (sulfide) groups is 1. The van der Waals surface area contributed by atoms with Crippen LogP contribution in [-0.4, -0.2) is 66.8 Å². The molecule has 6 nitrogen and oxygen atoms in total. The third-order valence-electron chi connectivity index (χ3n) is 6.46. The van der Waals surface area contributed by atoms with Gasteiger partial charge in [0.05, 0.1) is 18.6 Å². The smallest absolute Gasteiger partial charge is 0.322 e. The lowest BCUT2D eigenvalue weighted by Crippen LogP contribution is -2.41. The Labute approximate surface area is 200 Å². The molecule has 178 valence electrons. The second kappa shape index (κ2) is 11.3. The van der Waals surface area contributed by atoms with Crippen LogP contribution in [0, 0.1) is 0 Å². The Morgan fingerprint density at radius 2 is 1.94 bits per heavy atom. The van der Waals surface area contributed by atoms with Gasteiger partial charge in [-0.25, -0.2) is 0 Å². The van der Waals surface area contributed by atoms with E-state index in [0.29, 0.717) is 24.0 Å². The molecule has 33 heavy (non-hydrogen) atoms. The van der Waals surface area contributed by atoms with Gasteiger partial charge in [-0.3, -0.25) is 4.79 Å². The van der Waals surface area contributed by atoms with Crippen LogP contribution in [0.25, 0.3) is 0 Å². The van der Waals surface area contributed by atoms with Crippen molar-refractivity contribution < 1.29 is 24.1 Å². The highest BCUT2D eigenvalue weighted by Crippen LogP contribution is 2.40. The number of methoxy groups -OCH3 is 1. The van der Waals surface area contributed by atoms with Crippen molar-refractivity contribution in [1.29, 1.82) is 0 Å². The van der Waals surface area contributed by atoms with E-state index in [-0.39, 0.29) is 0 Å². The molecular formula is C26H33NO5S. The number of esters is 1. The summed E-state index contributed by atoms with van der Waals surface area (Å²) in [7, 11) is 1.59. The Morgan fingerprint density at radius 1 is 1.18 bits per heavy atom. The van der Waals surface area contributed by atoms with Gasteiger partial charge in [0.15, 0.2) is 0 Å². The van der Waals surface area contributed by atoms with E-state index < -0.39 is 23.4 Å². The maximum Gasteiger partial charge on any atom is 0.322 e. The number of ether oxygens (including phenoxy) is 3. The van der Waals surface area contributed by atoms with E-state index in [9.17, 15) is 9.90 Å². The number of carbonyl (C=O) groups is 1. The number of piperidine rings is 1. The number of aliphatic hydroxyl groups excluding tert-OH is 1. The SMILES string of the molecule is COc1ccc2c(c1)S[C@@H](C(=O)OCCCN1CCC(c3ccccc3)CC1)[C@@H](O)C(C)O2. The number of rotatable bonds is 7. The highest BCUT2D eigenvalue weighted by Gasteiger charge is 2.38. The lowest BCUT2D eigenvalue weighted by molar-refractivity contribution is -0.146. The summed E-state index contributed by atoms with van der Waals surface area (Å²) in [6.45, 7) is 5.16. The number of carbonyl (C=O) groups excluding carboxylic acids is 1. The molecule has 0 aromatic heterocycles. The molecule has 2 aliphatic rings. The first-order valence-electron chi connectivity index (χ1n) is 11.7. The van der Waals surface area contributed by atoms with Crippen LogP contribution in [0.2, 0.25) is 0 Å². The predicted octanol–water partition coefficient (Wildman–Crippen LogP) is 4.11. The molecule has 2 heterocycles. The van der Waals surface area contributed by atoms with Crippen molar-refractivity contribution in [2.45, 2.75) is 54.5 Å². The number of likely N-dealkylation sites (tertiary alicyclic amines) is 1. The molecule has 0 spiro atoms. The van der Waals surface area contributed by atoms with E-state index in [2.05, 4.69) is 35.2 Å². The quantitative estimate of drug-likeness (QED) is 0.481. The predicted molar refractivity (Wildman–Crippen MR) is 129 cm³/mol. The van der Waals surface area contributed by atoms with Crippen molar-refractivity contribution >= 4 is 17.7 Å². The molecule has 1 fully saturated rings. The normalized spacial score (nSPS) is 23.8. The molecule has 1 saturated heterocycles. The van der Waals surface area contributed by atoms with Gasteiger partial charge in [-0.2, -0.15) is 0 Å². The zero-order valence-corrected chi connectivity index (χ0v) is 20.1. The maximum atomic E-state index is 12.8. The molecular weight excluding hydrogens is 438 g/mol. The van der Waals surface area contributed by atoms with Crippen LogP contribution in [0.15, 0.2) is 53.4 Å². The summed E-state index contributed by atoms with van der Waals surface area (Å²) in [5.41, 5.74) is 1.43. The number of hydrogen-bond acceptors (Lipinski definition) is 7. The Balaban J connectivity index is 1.24. The van der Waals surface area contributed by atoms with E-state index in [4.69, 9.17) is 14.2 Å². The van der Waals surface area contributed by atoms with E-state index in [1.165, 1.54) is 17.3 Å². The Kier molecular flexibility index (Phi) is 8.17. The highest BCUT2D eigenvalue weighted by atomic mass is 32.2. The van der Waals surface area contributed by atoms with Crippen molar-refractivity contribution in [1.82, 2.24) is 4.90 Å². The first-order valence-corrected chi connectivity index (χ1v) is 12.6. The van der Waals surface area contributed by atoms with Crippen molar-refractivity contribution in [3.8, 4) is 11.5 Å². The van der Waals surface area contributed by atoms with Crippen molar-refractivity contribution in [3.63, 3.8) is 0 Å². The lowest BCUT2D eigenvalue weighted by atomic mass is 9.89. The van der Waals surface area contributed by atoms with Gasteiger partial charge >= 0.3 is 5.97 Å². The van der Waals surface area contributed by atoms with Crippen LogP contribution in [0.5, 0.6) is 11.5 Å². The molecule has 2 aromatic rings. The average Bonchev–Trinajstić information content (AvgIpc) is 2.98. The largest absolute Gasteiger partial charge is 0.497 e. The summed E-state index contributed by atoms with van der Waals surface area (Å²) < 4.78 is 16.7. The highest BCUT2D eigenvalue weighted by molar-refractivity contribution is 8.00. The zero-order chi connectivity index (χ0) is 23.2. The standard InChI is InChI=1S/C26H33NO5S/c1-18-24(28)25(33-23-17-21(30-2)9-10-22(23)32-18)26(29)31-16-6-13-27-14-11-20(12-15-27)19-7-4-3-5-8-19/h3-5,7-10,17-18,20,24-25,28H,6,11-16H2,1-2H3/t18?,24-,25+/m0/s1. The Bertz CT molecular complexity index is 916. The van der Waals surface area contributed by atoms with E-state index >= 15 is 0 Å². The summed E-state index contributed by atoms with van der Waals surface area (Å²) in [6.07, 6.45) is 1.63. The fourth-order valence-electron chi connectivity index (χ4n) is 4.47. The summed E-state index contributed by atoms with van der Waals surface area (Å²) in [4.78, 5) is 16.0. The second-order valence-corrected chi connectivity index (χ2v) is 9.90. The molecule has 4 rings (SSSR count). The number of benzene rings is 2. The van der Waals surface area contributed by atoms with Gasteiger partial charge in [-0.1, -0.05) is 30.3 Å². The zero-order valence-electron chi connectivity index (χ0n) is 19.3. The first-order chi connectivity index (χ1) is 16.0. The molecule has 0 amide bonds. The van der Waals surface area contributed by atoms with E-state index in [1.807, 2.05) is 6.07 Å². The lowest BCUT2D eigenvalue weighted by Gasteiger charge is -2.32. The summed E-state index contributed by atoms with van der Waals surface area (Å²) in [5.74, 6) is 1.56. The number of nitrogens with zero attached hydrogens (tertiary/aromatic N) is 1. The topological polar surface area (TPSA) is 68.2 Å². The van der Waals surface area contributed by atoms with Crippen molar-refractivity contribution in [3.05, 3.63) is 54.1 Å². The minimum Gasteiger partial charge on any atom is -0.497 e. The van der Waals surface area contributed by atoms with Crippen molar-refractivity contribution in [2.75, 3.05) is 33.4 Å². The van der Waals surface area contributed by atoms with Gasteiger partial charge in [-0.05, 0) is 69.0 Å². The van der Waals surface area contributed by atoms with Crippen LogP contribution >= 0.6 is 11.8 Å². The molecule has 2 aromatic carbocycles. The molecule has 0 radical (unpaired) electrons. The summed E-state index contributed by atoms with van der Waals surface area (Å²) in [5, 5.41) is 9.94. The molecule has 3 atom stereocenters. The third-order valence-corrected chi connectivity index (χ3v) is 7.76. The Morgan fingerprint density at radius 3 is 2.67 bits per heavy atom. The molecule has 7 heteroatoms. The van der Waals surface area contributed by atoms with Gasteiger partial charge in [0, 0.05) is 6.54 Å². The molecule has 2 aliphatic heterocycles. The third kappa shape index (κ3) is 6.02. The van der Waals surface area contributed by atoms with Crippen molar-refractivity contribution in [2.24, 2.45) is 0 Å². The van der Waals surface area contributed by atoms with Crippen LogP contribution in [-0.2, 0) is 9.53 Å². The van der Waals surface area contributed by atoms with Crippen LogP contribution in [0.3, 0.4) is 0 Å². The number of fused-ring (bicyclic) bond motifs is 1. The fourth-order valence-corrected chi connectivity index (χ4v) is 5.69. The van der Waals surface area contributed by atoms with Crippen LogP contribution in [0.1, 0.15) is 37.7 Å². The maximum absolute atomic E-state index is 12.8. The van der Waals surface area contributed by atoms with Gasteiger partial charge < -0.3 is 24.2 Å². The molecule has 0 saturated carbocycles. The molecule has 0 bridgehead atoms. The minimum absolute atomic E-state index is 0.349. The summed E-state index contributed by atoms with van der Waals surface area (Å²) in [6, 6.07) is 16.2. The fraction of sp³-hybridized carbons (Fsp3) is 0.500. The summed E-state index contributed by atoms with van der Waals surface area (Å²) >= 11 is 1.27. The molecule has 1 unspecified atom stereocenters. The molecule has 0 aliphatic carbocycles. The minimum atomic E-state index is -0.960. The van der Waals surface area contributed by atoms with Gasteiger partial charge in [0.1, 0.15) is 29.0 Å². The second-order valence-electron chi connectivity index (χ2n) is 8.71. The van der Waals surface area contributed by atoms with Crippen LogP contribution < -0.4 is 9.47 Å². The molecule has 1 N–H and O–H groups in total. The van der Waals surface area contributed by atoms with Gasteiger partial charge in [0.25, 0.3) is 0 Å². The van der Waals surface area contributed by atoms with E-state index in [1.54, 1.807) is 26.2 Å². The number of hydrogen-bond donors (Lipinski definition) is 1. The van der Waals surface area contributed by atoms with E-state index in [0.717, 1.165) is 43.8 Å². The average molecular weight is 472 g/mol. The van der Waals surface area contributed by atoms with Crippen LogP contribution in [0.4, 0.5) is 0 Å². The van der Waals surface area contributed by atoms with Gasteiger partial charge in [0.2, 0.25) is 0 Å². The monoisotopic (exact) mass is 471 g/mol. The number of aliphatic hydroxyl groups is 1. The Hall–Kier alpha value is -2.22.